The fourth-order valence-electron chi connectivity index (χ4n) is 0.923. The van der Waals surface area contributed by atoms with Crippen LogP contribution in [0.1, 0.15) is 13.3 Å². The average molecular weight is 300 g/mol. The van der Waals surface area contributed by atoms with Crippen LogP contribution in [0.4, 0.5) is 0 Å². The van der Waals surface area contributed by atoms with Crippen molar-refractivity contribution in [2.75, 3.05) is 48.1 Å². The summed E-state index contributed by atoms with van der Waals surface area (Å²) in [5.74, 6) is -0.683. The zero-order valence-corrected chi connectivity index (χ0v) is 13.8. The molecular weight excluding hydrogens is 272 g/mol. The Balaban J connectivity index is 0. The first-order valence-corrected chi connectivity index (χ1v) is 6.62. The number of hydrogen-bond acceptors (Lipinski definition) is 6. The van der Waals surface area contributed by atoms with Crippen molar-refractivity contribution in [1.82, 2.24) is 9.80 Å². The van der Waals surface area contributed by atoms with Gasteiger partial charge in [0.05, 0.1) is 6.61 Å². The Hall–Kier alpha value is -1.66. The maximum absolute atomic E-state index is 10.7. The SMILES string of the molecule is C=C(C)C(=O)OCN(C)C.C=CC(=O)OCCCN(C)C. The first-order chi connectivity index (χ1) is 9.70. The maximum Gasteiger partial charge on any atom is 0.334 e. The molecule has 0 radical (unpaired) electrons. The minimum atomic E-state index is -0.344. The molecule has 6 heteroatoms. The molecule has 0 aliphatic rings. The fourth-order valence-corrected chi connectivity index (χ4v) is 0.923. The van der Waals surface area contributed by atoms with Gasteiger partial charge in [0.1, 0.15) is 6.73 Å². The van der Waals surface area contributed by atoms with Crippen molar-refractivity contribution < 1.29 is 19.1 Å². The molecule has 0 amide bonds. The molecule has 0 aromatic rings. The lowest BCUT2D eigenvalue weighted by atomic mass is 10.4. The average Bonchev–Trinajstić information content (AvgIpc) is 2.40. The molecule has 0 rings (SSSR count). The Morgan fingerprint density at radius 3 is 2.05 bits per heavy atom. The van der Waals surface area contributed by atoms with Crippen LogP contribution >= 0.6 is 0 Å². The highest BCUT2D eigenvalue weighted by Crippen LogP contribution is 1.91. The highest BCUT2D eigenvalue weighted by Gasteiger charge is 2.01. The lowest BCUT2D eigenvalue weighted by molar-refractivity contribution is -0.142. The summed E-state index contributed by atoms with van der Waals surface area (Å²) in [6.45, 7) is 10.1. The van der Waals surface area contributed by atoms with E-state index in [0.29, 0.717) is 18.9 Å². The number of hydrogen-bond donors (Lipinski definition) is 0. The lowest BCUT2D eigenvalue weighted by Gasteiger charge is -2.09. The molecule has 6 nitrogen and oxygen atoms in total. The standard InChI is InChI=1S/C8H15NO2.C7H13NO2/c1-4-8(10)11-7-5-6-9(2)3;1-6(2)7(9)10-5-8(3)4/h4H,1,5-7H2,2-3H3;1,5H2,2-4H3. The molecular formula is C15H28N2O4. The van der Waals surface area contributed by atoms with E-state index in [1.165, 1.54) is 6.08 Å². The van der Waals surface area contributed by atoms with E-state index in [4.69, 9.17) is 9.47 Å². The van der Waals surface area contributed by atoms with Crippen molar-refractivity contribution in [3.05, 3.63) is 24.8 Å². The second kappa shape index (κ2) is 13.3. The van der Waals surface area contributed by atoms with Gasteiger partial charge >= 0.3 is 11.9 Å². The second-order valence-electron chi connectivity index (χ2n) is 4.95. The van der Waals surface area contributed by atoms with E-state index >= 15 is 0 Å². The molecule has 0 saturated heterocycles. The first-order valence-electron chi connectivity index (χ1n) is 6.62. The predicted molar refractivity (Wildman–Crippen MR) is 83.8 cm³/mol. The molecule has 0 aromatic carbocycles. The lowest BCUT2D eigenvalue weighted by Crippen LogP contribution is -2.19. The number of esters is 2. The summed E-state index contributed by atoms with van der Waals surface area (Å²) in [6, 6.07) is 0. The Labute approximate surface area is 128 Å². The molecule has 0 bridgehead atoms. The molecule has 21 heavy (non-hydrogen) atoms. The van der Waals surface area contributed by atoms with E-state index in [0.717, 1.165) is 13.0 Å². The summed E-state index contributed by atoms with van der Waals surface area (Å²) in [5.41, 5.74) is 0.432. The zero-order valence-electron chi connectivity index (χ0n) is 13.8. The number of carbonyl (C=O) groups is 2. The Morgan fingerprint density at radius 1 is 1.10 bits per heavy atom. The molecule has 0 fully saturated rings. The smallest absolute Gasteiger partial charge is 0.334 e. The van der Waals surface area contributed by atoms with E-state index in [9.17, 15) is 9.59 Å². The molecule has 0 aromatic heterocycles. The Kier molecular flexibility index (Phi) is 13.7. The summed E-state index contributed by atoms with van der Waals surface area (Å²) in [5, 5.41) is 0. The van der Waals surface area contributed by atoms with Crippen LogP contribution in [0.5, 0.6) is 0 Å². The monoisotopic (exact) mass is 300 g/mol. The summed E-state index contributed by atoms with van der Waals surface area (Å²) in [7, 11) is 7.61. The van der Waals surface area contributed by atoms with Crippen LogP contribution in [0.15, 0.2) is 24.8 Å². The van der Waals surface area contributed by atoms with Gasteiger partial charge in [0.2, 0.25) is 0 Å². The highest BCUT2D eigenvalue weighted by molar-refractivity contribution is 5.86. The molecule has 0 aliphatic carbocycles. The number of nitrogens with zero attached hydrogens (tertiary/aromatic N) is 2. The van der Waals surface area contributed by atoms with Gasteiger partial charge in [-0.3, -0.25) is 4.90 Å². The molecule has 0 aliphatic heterocycles. The van der Waals surface area contributed by atoms with Gasteiger partial charge in [0.25, 0.3) is 0 Å². The summed E-state index contributed by atoms with van der Waals surface area (Å²) in [6.07, 6.45) is 2.04. The van der Waals surface area contributed by atoms with E-state index in [2.05, 4.69) is 13.2 Å². The van der Waals surface area contributed by atoms with Gasteiger partial charge < -0.3 is 14.4 Å². The maximum atomic E-state index is 10.7. The van der Waals surface area contributed by atoms with Crippen molar-refractivity contribution in [3.8, 4) is 0 Å². The summed E-state index contributed by atoms with van der Waals surface area (Å²) >= 11 is 0. The number of carbonyl (C=O) groups excluding carboxylic acids is 2. The quantitative estimate of drug-likeness (QED) is 0.291. The van der Waals surface area contributed by atoms with Crippen LogP contribution in [0.25, 0.3) is 0 Å². The van der Waals surface area contributed by atoms with Crippen molar-refractivity contribution in [3.63, 3.8) is 0 Å². The van der Waals surface area contributed by atoms with Gasteiger partial charge in [-0.25, -0.2) is 9.59 Å². The largest absolute Gasteiger partial charge is 0.462 e. The predicted octanol–water partition coefficient (Wildman–Crippen LogP) is 1.29. The fraction of sp³-hybridized carbons (Fsp3) is 0.600. The van der Waals surface area contributed by atoms with Gasteiger partial charge in [0, 0.05) is 18.2 Å². The Bertz CT molecular complexity index is 339. The normalized spacial score (nSPS) is 9.67. The topological polar surface area (TPSA) is 59.1 Å². The van der Waals surface area contributed by atoms with Crippen molar-refractivity contribution in [2.45, 2.75) is 13.3 Å². The molecule has 122 valence electrons. The third-order valence-corrected chi connectivity index (χ3v) is 1.96. The van der Waals surface area contributed by atoms with E-state index in [-0.39, 0.29) is 11.9 Å². The van der Waals surface area contributed by atoms with Gasteiger partial charge in [-0.05, 0) is 41.5 Å². The van der Waals surface area contributed by atoms with Crippen LogP contribution in [0.2, 0.25) is 0 Å². The molecule has 0 unspecified atom stereocenters. The third kappa shape index (κ3) is 18.3. The van der Waals surface area contributed by atoms with Crippen LogP contribution < -0.4 is 0 Å². The van der Waals surface area contributed by atoms with Gasteiger partial charge in [-0.15, -0.1) is 0 Å². The van der Waals surface area contributed by atoms with Crippen molar-refractivity contribution in [2.24, 2.45) is 0 Å². The number of rotatable bonds is 8. The van der Waals surface area contributed by atoms with Crippen molar-refractivity contribution >= 4 is 11.9 Å². The molecule has 0 N–H and O–H groups in total. The molecule has 0 saturated carbocycles. The first kappa shape index (κ1) is 21.6. The van der Waals surface area contributed by atoms with E-state index in [1.807, 2.05) is 33.1 Å². The van der Waals surface area contributed by atoms with Gasteiger partial charge in [-0.2, -0.15) is 0 Å². The van der Waals surface area contributed by atoms with E-state index < -0.39 is 0 Å². The van der Waals surface area contributed by atoms with Crippen LogP contribution in [0, 0.1) is 0 Å². The van der Waals surface area contributed by atoms with E-state index in [1.54, 1.807) is 11.8 Å². The van der Waals surface area contributed by atoms with Gasteiger partial charge in [-0.1, -0.05) is 13.2 Å². The van der Waals surface area contributed by atoms with Gasteiger partial charge in [0.15, 0.2) is 0 Å². The Morgan fingerprint density at radius 2 is 1.67 bits per heavy atom. The van der Waals surface area contributed by atoms with Crippen LogP contribution in [0.3, 0.4) is 0 Å². The van der Waals surface area contributed by atoms with Crippen LogP contribution in [-0.4, -0.2) is 69.8 Å². The minimum Gasteiger partial charge on any atom is -0.462 e. The minimum absolute atomic E-state index is 0.311. The van der Waals surface area contributed by atoms with Crippen molar-refractivity contribution in [1.29, 1.82) is 0 Å². The molecule has 0 spiro atoms. The highest BCUT2D eigenvalue weighted by atomic mass is 16.5. The second-order valence-corrected chi connectivity index (χ2v) is 4.95. The molecule has 0 atom stereocenters. The molecule has 0 heterocycles. The zero-order chi connectivity index (χ0) is 16.8. The third-order valence-electron chi connectivity index (χ3n) is 1.96. The van der Waals surface area contributed by atoms with Crippen LogP contribution in [-0.2, 0) is 19.1 Å². The number of ether oxygens (including phenoxy) is 2. The summed E-state index contributed by atoms with van der Waals surface area (Å²) < 4.78 is 9.51. The summed E-state index contributed by atoms with van der Waals surface area (Å²) in [4.78, 5) is 25.0.